The van der Waals surface area contributed by atoms with Gasteiger partial charge in [0.1, 0.15) is 12.2 Å². The van der Waals surface area contributed by atoms with E-state index in [2.05, 4.69) is 0 Å². The fraction of sp³-hybridized carbons (Fsp3) is 0.357. The van der Waals surface area contributed by atoms with Gasteiger partial charge in [-0.15, -0.1) is 0 Å². The van der Waals surface area contributed by atoms with Crippen LogP contribution in [0.3, 0.4) is 0 Å². The molecule has 0 radical (unpaired) electrons. The smallest absolute Gasteiger partial charge is 0.113 e. The molecule has 0 aliphatic rings. The number of aliphatic hydroxyl groups is 2. The van der Waals surface area contributed by atoms with E-state index >= 15 is 0 Å². The zero-order chi connectivity index (χ0) is 23.3. The van der Waals surface area contributed by atoms with Crippen LogP contribution in [-0.4, -0.2) is 41.7 Å². The SMILES string of the molecule is C[C@@H](CO)[C@@H](OCc1ccccc1)[C@H](OCc1ccccc1)[C@H](O)COCc1ccccc1. The Kier molecular flexibility index (Phi) is 10.6. The summed E-state index contributed by atoms with van der Waals surface area (Å²) in [5, 5.41) is 21.0. The summed E-state index contributed by atoms with van der Waals surface area (Å²) in [5.41, 5.74) is 3.05. The summed E-state index contributed by atoms with van der Waals surface area (Å²) in [7, 11) is 0. The highest BCUT2D eigenvalue weighted by Gasteiger charge is 2.34. The molecule has 0 saturated heterocycles. The molecule has 2 N–H and O–H groups in total. The first kappa shape index (κ1) is 25.1. The average molecular weight is 451 g/mol. The van der Waals surface area contributed by atoms with Gasteiger partial charge in [-0.25, -0.2) is 0 Å². The van der Waals surface area contributed by atoms with Crippen molar-refractivity contribution >= 4 is 0 Å². The topological polar surface area (TPSA) is 68.2 Å². The molecule has 0 aliphatic carbocycles. The first-order chi connectivity index (χ1) is 16.2. The summed E-state index contributed by atoms with van der Waals surface area (Å²) < 4.78 is 18.2. The number of ether oxygens (including phenoxy) is 3. The maximum atomic E-state index is 11.1. The van der Waals surface area contributed by atoms with E-state index in [9.17, 15) is 10.2 Å². The number of benzene rings is 3. The van der Waals surface area contributed by atoms with E-state index in [1.165, 1.54) is 0 Å². The van der Waals surface area contributed by atoms with E-state index in [-0.39, 0.29) is 19.1 Å². The Morgan fingerprint density at radius 2 is 1.06 bits per heavy atom. The van der Waals surface area contributed by atoms with Crippen LogP contribution in [0, 0.1) is 5.92 Å². The van der Waals surface area contributed by atoms with Gasteiger partial charge in [0.2, 0.25) is 0 Å². The van der Waals surface area contributed by atoms with Gasteiger partial charge in [-0.2, -0.15) is 0 Å². The highest BCUT2D eigenvalue weighted by Crippen LogP contribution is 2.21. The Hall–Kier alpha value is -2.54. The second kappa shape index (κ2) is 13.9. The van der Waals surface area contributed by atoms with Crippen molar-refractivity contribution in [1.29, 1.82) is 0 Å². The first-order valence-electron chi connectivity index (χ1n) is 11.4. The van der Waals surface area contributed by atoms with Crippen LogP contribution in [0.4, 0.5) is 0 Å². The van der Waals surface area contributed by atoms with E-state index < -0.39 is 18.3 Å². The fourth-order valence-electron chi connectivity index (χ4n) is 3.61. The van der Waals surface area contributed by atoms with Gasteiger partial charge in [0.05, 0.1) is 32.5 Å². The molecule has 0 spiro atoms. The van der Waals surface area contributed by atoms with Crippen molar-refractivity contribution in [1.82, 2.24) is 0 Å². The van der Waals surface area contributed by atoms with Crippen molar-refractivity contribution in [2.45, 2.75) is 45.1 Å². The molecule has 4 atom stereocenters. The molecule has 0 bridgehead atoms. The normalized spacial score (nSPS) is 15.0. The molecular weight excluding hydrogens is 416 g/mol. The molecule has 3 aromatic rings. The lowest BCUT2D eigenvalue weighted by Crippen LogP contribution is -2.47. The van der Waals surface area contributed by atoms with Gasteiger partial charge in [-0.05, 0) is 16.7 Å². The Labute approximate surface area is 196 Å². The maximum absolute atomic E-state index is 11.1. The average Bonchev–Trinajstić information content (AvgIpc) is 2.87. The molecule has 0 fully saturated rings. The third kappa shape index (κ3) is 8.39. The van der Waals surface area contributed by atoms with E-state index in [1.54, 1.807) is 0 Å². The molecule has 33 heavy (non-hydrogen) atoms. The third-order valence-corrected chi connectivity index (χ3v) is 5.52. The molecule has 0 aliphatic heterocycles. The zero-order valence-electron chi connectivity index (χ0n) is 19.1. The van der Waals surface area contributed by atoms with Gasteiger partial charge in [0.25, 0.3) is 0 Å². The predicted octanol–water partition coefficient (Wildman–Crippen LogP) is 4.36. The van der Waals surface area contributed by atoms with Crippen molar-refractivity contribution in [2.24, 2.45) is 5.92 Å². The number of aliphatic hydroxyl groups excluding tert-OH is 2. The van der Waals surface area contributed by atoms with Crippen LogP contribution in [-0.2, 0) is 34.0 Å². The van der Waals surface area contributed by atoms with Gasteiger partial charge in [0, 0.05) is 12.5 Å². The maximum Gasteiger partial charge on any atom is 0.113 e. The van der Waals surface area contributed by atoms with E-state index in [0.717, 1.165) is 16.7 Å². The molecule has 0 unspecified atom stereocenters. The minimum absolute atomic E-state index is 0.0811. The third-order valence-electron chi connectivity index (χ3n) is 5.52. The van der Waals surface area contributed by atoms with Crippen molar-refractivity contribution in [2.75, 3.05) is 13.2 Å². The van der Waals surface area contributed by atoms with Gasteiger partial charge >= 0.3 is 0 Å². The minimum Gasteiger partial charge on any atom is -0.396 e. The van der Waals surface area contributed by atoms with Crippen LogP contribution in [0.25, 0.3) is 0 Å². The lowest BCUT2D eigenvalue weighted by atomic mass is 9.96. The van der Waals surface area contributed by atoms with E-state index in [0.29, 0.717) is 19.8 Å². The van der Waals surface area contributed by atoms with Crippen LogP contribution in [0.15, 0.2) is 91.0 Å². The monoisotopic (exact) mass is 450 g/mol. The van der Waals surface area contributed by atoms with Gasteiger partial charge < -0.3 is 24.4 Å². The number of hydrogen-bond acceptors (Lipinski definition) is 5. The highest BCUT2D eigenvalue weighted by atomic mass is 16.6. The molecule has 5 nitrogen and oxygen atoms in total. The Balaban J connectivity index is 1.69. The standard InChI is InChI=1S/C28H34O5/c1-22(17-29)27(32-19-24-13-7-3-8-14-24)28(33-20-25-15-9-4-10-16-25)26(30)21-31-18-23-11-5-2-6-12-23/h2-16,22,26-30H,17-21H2,1H3/t22-,26+,27+,28+/m0/s1. The molecule has 5 heteroatoms. The number of rotatable bonds is 14. The number of hydrogen-bond donors (Lipinski definition) is 2. The second-order valence-corrected chi connectivity index (χ2v) is 8.25. The zero-order valence-corrected chi connectivity index (χ0v) is 19.1. The molecule has 3 rings (SSSR count). The van der Waals surface area contributed by atoms with Crippen LogP contribution >= 0.6 is 0 Å². The molecule has 0 amide bonds. The van der Waals surface area contributed by atoms with Crippen molar-refractivity contribution in [3.05, 3.63) is 108 Å². The summed E-state index contributed by atoms with van der Waals surface area (Å²) >= 11 is 0. The summed E-state index contributed by atoms with van der Waals surface area (Å²) in [6.07, 6.45) is -2.12. The van der Waals surface area contributed by atoms with Crippen LogP contribution < -0.4 is 0 Å². The second-order valence-electron chi connectivity index (χ2n) is 8.25. The van der Waals surface area contributed by atoms with Crippen LogP contribution in [0.2, 0.25) is 0 Å². The Morgan fingerprint density at radius 1 is 0.636 bits per heavy atom. The first-order valence-corrected chi connectivity index (χ1v) is 11.4. The minimum atomic E-state index is -0.924. The molecule has 176 valence electrons. The fourth-order valence-corrected chi connectivity index (χ4v) is 3.61. The molecule has 0 aromatic heterocycles. The van der Waals surface area contributed by atoms with E-state index in [1.807, 2.05) is 97.9 Å². The lowest BCUT2D eigenvalue weighted by Gasteiger charge is -2.34. The summed E-state index contributed by atoms with van der Waals surface area (Å²) in [6.45, 7) is 2.99. The molecule has 0 saturated carbocycles. The van der Waals surface area contributed by atoms with Crippen molar-refractivity contribution in [3.63, 3.8) is 0 Å². The molecule has 0 heterocycles. The van der Waals surface area contributed by atoms with Crippen molar-refractivity contribution in [3.8, 4) is 0 Å². The predicted molar refractivity (Wildman–Crippen MR) is 128 cm³/mol. The lowest BCUT2D eigenvalue weighted by molar-refractivity contribution is -0.164. The highest BCUT2D eigenvalue weighted by molar-refractivity contribution is 5.15. The summed E-state index contributed by atoms with van der Waals surface area (Å²) in [5.74, 6) is -0.238. The van der Waals surface area contributed by atoms with Crippen molar-refractivity contribution < 1.29 is 24.4 Å². The largest absolute Gasteiger partial charge is 0.396 e. The molecular formula is C28H34O5. The quantitative estimate of drug-likeness (QED) is 0.382. The van der Waals surface area contributed by atoms with E-state index in [4.69, 9.17) is 14.2 Å². The summed E-state index contributed by atoms with van der Waals surface area (Å²) in [4.78, 5) is 0. The summed E-state index contributed by atoms with van der Waals surface area (Å²) in [6, 6.07) is 29.5. The van der Waals surface area contributed by atoms with Gasteiger partial charge in [-0.3, -0.25) is 0 Å². The molecule has 3 aromatic carbocycles. The van der Waals surface area contributed by atoms with Gasteiger partial charge in [0.15, 0.2) is 0 Å². The Bertz CT molecular complexity index is 888. The van der Waals surface area contributed by atoms with Crippen LogP contribution in [0.1, 0.15) is 23.6 Å². The van der Waals surface area contributed by atoms with Crippen LogP contribution in [0.5, 0.6) is 0 Å². The van der Waals surface area contributed by atoms with Gasteiger partial charge in [-0.1, -0.05) is 97.9 Å². The Morgan fingerprint density at radius 3 is 1.52 bits per heavy atom.